The van der Waals surface area contributed by atoms with Gasteiger partial charge in [-0.3, -0.25) is 34.1 Å². The number of rotatable bonds is 16. The predicted octanol–water partition coefficient (Wildman–Crippen LogP) is 6.53. The summed E-state index contributed by atoms with van der Waals surface area (Å²) in [5.74, 6) is -2.52. The Morgan fingerprint density at radius 2 is 1.63 bits per heavy atom. The number of piperidine rings is 1. The van der Waals surface area contributed by atoms with Crippen LogP contribution in [-0.2, 0) is 34.3 Å². The Morgan fingerprint density at radius 1 is 0.898 bits per heavy atom. The van der Waals surface area contributed by atoms with Crippen LogP contribution in [0.25, 0.3) is 22.0 Å². The van der Waals surface area contributed by atoms with E-state index in [-0.39, 0.29) is 55.2 Å². The van der Waals surface area contributed by atoms with E-state index in [9.17, 15) is 29.1 Å². The van der Waals surface area contributed by atoms with Crippen molar-refractivity contribution in [1.82, 2.24) is 24.6 Å². The molecule has 2 aliphatic heterocycles. The molecule has 3 aromatic carbocycles. The summed E-state index contributed by atoms with van der Waals surface area (Å²) < 4.78 is 21.7. The lowest BCUT2D eigenvalue weighted by molar-refractivity contribution is -0.136. The quantitative estimate of drug-likeness (QED) is 0.0824. The van der Waals surface area contributed by atoms with Crippen LogP contribution in [0, 0.1) is 27.7 Å². The van der Waals surface area contributed by atoms with E-state index in [2.05, 4.69) is 10.4 Å². The third-order valence-corrected chi connectivity index (χ3v) is 11.6. The number of benzene rings is 3. The number of aryl methyl sites for hydroxylation is 6. The normalized spacial score (nSPS) is 15.3. The van der Waals surface area contributed by atoms with Gasteiger partial charge in [0.15, 0.2) is 0 Å². The number of ether oxygens (including phenoxy) is 3. The van der Waals surface area contributed by atoms with Gasteiger partial charge in [-0.15, -0.1) is 0 Å². The topological polar surface area (TPSA) is 171 Å². The van der Waals surface area contributed by atoms with Gasteiger partial charge in [0.25, 0.3) is 11.8 Å². The minimum absolute atomic E-state index is 0.0235. The van der Waals surface area contributed by atoms with Crippen molar-refractivity contribution < 1.29 is 43.3 Å². The number of carboxylic acids is 1. The van der Waals surface area contributed by atoms with Crippen LogP contribution in [0.3, 0.4) is 0 Å². The molecule has 2 aromatic heterocycles. The van der Waals surface area contributed by atoms with Crippen LogP contribution < -0.4 is 14.8 Å². The van der Waals surface area contributed by atoms with E-state index < -0.39 is 35.6 Å². The molecule has 1 atom stereocenters. The maximum absolute atomic E-state index is 13.4. The number of aromatic carboxylic acids is 1. The fraction of sp³-hybridized carbons (Fsp3) is 0.364. The first-order valence-corrected chi connectivity index (χ1v) is 20.0. The van der Waals surface area contributed by atoms with Gasteiger partial charge < -0.3 is 23.9 Å². The van der Waals surface area contributed by atoms with Crippen LogP contribution in [0.2, 0.25) is 5.02 Å². The highest BCUT2D eigenvalue weighted by Gasteiger charge is 2.46. The second-order valence-electron chi connectivity index (χ2n) is 14.9. The second-order valence-corrected chi connectivity index (χ2v) is 15.3. The standard InChI is InChI=1S/C44H46ClN5O9/c1-24-22-28(23-25(2)38(24)45)58-19-8-13-30-29-10-6-11-31(36-26(3)47-48(5)27(36)4)39(29)49(40(30)44(55)56)17-9-18-57-20-21-59-34-14-7-12-32-37(34)43(54)50(42(32)53)33-15-16-35(51)46-41(33)52/h6-7,10-12,14,22-23,33H,8-9,13,15-21H2,1-5H3,(H,55,56)(H,46,51,52). The highest BCUT2D eigenvalue weighted by Crippen LogP contribution is 2.38. The van der Waals surface area contributed by atoms with Crippen LogP contribution in [0.5, 0.6) is 11.5 Å². The zero-order valence-corrected chi connectivity index (χ0v) is 34.4. The van der Waals surface area contributed by atoms with Gasteiger partial charge in [0, 0.05) is 53.8 Å². The Bertz CT molecular complexity index is 2500. The predicted molar refractivity (Wildman–Crippen MR) is 219 cm³/mol. The molecule has 7 rings (SSSR count). The van der Waals surface area contributed by atoms with Crippen LogP contribution in [0.15, 0.2) is 48.5 Å². The van der Waals surface area contributed by atoms with Crippen molar-refractivity contribution in [1.29, 1.82) is 0 Å². The highest BCUT2D eigenvalue weighted by molar-refractivity contribution is 6.32. The average Bonchev–Trinajstić information content (AvgIpc) is 3.76. The first-order chi connectivity index (χ1) is 28.3. The van der Waals surface area contributed by atoms with Gasteiger partial charge in [-0.05, 0) is 94.3 Å². The molecule has 2 N–H and O–H groups in total. The van der Waals surface area contributed by atoms with Crippen molar-refractivity contribution in [3.05, 3.63) is 98.5 Å². The van der Waals surface area contributed by atoms with E-state index in [1.165, 1.54) is 6.07 Å². The largest absolute Gasteiger partial charge is 0.494 e. The SMILES string of the molecule is Cc1cc(OCCCc2c(C(=O)O)n(CCCOCCOc3cccc4c3C(=O)N(C3CCC(=O)NC3=O)C4=O)c3c(-c4c(C)nn(C)c4C)cccc23)cc(C)c1Cl. The van der Waals surface area contributed by atoms with Crippen molar-refractivity contribution in [3.63, 3.8) is 0 Å². The molecular weight excluding hydrogens is 778 g/mol. The number of fused-ring (bicyclic) bond motifs is 2. The minimum atomic E-state index is -1.08. The highest BCUT2D eigenvalue weighted by atomic mass is 35.5. The number of imide groups is 2. The number of nitrogens with one attached hydrogen (secondary N) is 1. The molecule has 4 heterocycles. The van der Waals surface area contributed by atoms with E-state index in [1.807, 2.05) is 74.3 Å². The summed E-state index contributed by atoms with van der Waals surface area (Å²) in [6, 6.07) is 13.3. The van der Waals surface area contributed by atoms with Crippen LogP contribution in [-0.4, -0.2) is 86.4 Å². The molecule has 2 aliphatic rings. The fourth-order valence-electron chi connectivity index (χ4n) is 8.24. The number of nitrogens with zero attached hydrogens (tertiary/aromatic N) is 4. The Morgan fingerprint density at radius 3 is 2.32 bits per heavy atom. The molecule has 14 nitrogen and oxygen atoms in total. The molecule has 4 amide bonds. The average molecular weight is 824 g/mol. The monoisotopic (exact) mass is 823 g/mol. The van der Waals surface area contributed by atoms with Gasteiger partial charge in [-0.25, -0.2) is 4.79 Å². The maximum Gasteiger partial charge on any atom is 0.352 e. The number of carboxylic acid groups (broad SMARTS) is 1. The zero-order chi connectivity index (χ0) is 42.1. The van der Waals surface area contributed by atoms with Crippen LogP contribution in [0.4, 0.5) is 0 Å². The number of hydrogen-bond donors (Lipinski definition) is 2. The number of carbonyl (C=O) groups is 5. The molecule has 15 heteroatoms. The molecule has 0 spiro atoms. The lowest BCUT2D eigenvalue weighted by Crippen LogP contribution is -2.54. The van der Waals surface area contributed by atoms with Crippen molar-refractivity contribution in [2.75, 3.05) is 26.4 Å². The molecule has 0 aliphatic carbocycles. The maximum atomic E-state index is 13.4. The minimum Gasteiger partial charge on any atom is -0.494 e. The number of halogens is 1. The third-order valence-electron chi connectivity index (χ3n) is 11.0. The summed E-state index contributed by atoms with van der Waals surface area (Å²) in [4.78, 5) is 64.8. The van der Waals surface area contributed by atoms with E-state index in [4.69, 9.17) is 25.8 Å². The van der Waals surface area contributed by atoms with Crippen LogP contribution in [0.1, 0.15) is 85.0 Å². The van der Waals surface area contributed by atoms with Gasteiger partial charge in [-0.1, -0.05) is 35.9 Å². The third kappa shape index (κ3) is 7.94. The Hall–Kier alpha value is -5.99. The Labute approximate surface area is 346 Å². The summed E-state index contributed by atoms with van der Waals surface area (Å²) in [6.45, 7) is 9.06. The van der Waals surface area contributed by atoms with Gasteiger partial charge in [-0.2, -0.15) is 5.10 Å². The molecule has 0 bridgehead atoms. The smallest absolute Gasteiger partial charge is 0.352 e. The molecule has 5 aromatic rings. The molecular formula is C44H46ClN5O9. The number of para-hydroxylation sites is 1. The van der Waals surface area contributed by atoms with Gasteiger partial charge in [0.05, 0.1) is 35.6 Å². The molecule has 308 valence electrons. The zero-order valence-electron chi connectivity index (χ0n) is 33.6. The van der Waals surface area contributed by atoms with E-state index in [0.29, 0.717) is 43.2 Å². The lowest BCUT2D eigenvalue weighted by Gasteiger charge is -2.27. The number of amides is 4. The molecule has 59 heavy (non-hydrogen) atoms. The van der Waals surface area contributed by atoms with E-state index >= 15 is 0 Å². The molecule has 1 unspecified atom stereocenters. The summed E-state index contributed by atoms with van der Waals surface area (Å²) in [6.07, 6.45) is 1.61. The fourth-order valence-corrected chi connectivity index (χ4v) is 8.35. The number of aromatic nitrogens is 3. The molecule has 0 radical (unpaired) electrons. The second kappa shape index (κ2) is 17.1. The van der Waals surface area contributed by atoms with Crippen molar-refractivity contribution in [2.45, 2.75) is 72.4 Å². The lowest BCUT2D eigenvalue weighted by atomic mass is 9.98. The van der Waals surface area contributed by atoms with E-state index in [0.717, 1.165) is 55.0 Å². The summed E-state index contributed by atoms with van der Waals surface area (Å²) in [5.41, 5.74) is 7.47. The number of hydrogen-bond acceptors (Lipinski definition) is 9. The van der Waals surface area contributed by atoms with Gasteiger partial charge in [0.1, 0.15) is 29.8 Å². The number of carbonyl (C=O) groups excluding carboxylic acids is 4. The van der Waals surface area contributed by atoms with Crippen molar-refractivity contribution >= 4 is 52.1 Å². The van der Waals surface area contributed by atoms with Gasteiger partial charge >= 0.3 is 5.97 Å². The molecule has 1 fully saturated rings. The summed E-state index contributed by atoms with van der Waals surface area (Å²) in [5, 5.41) is 19.1. The summed E-state index contributed by atoms with van der Waals surface area (Å²) in [7, 11) is 1.89. The summed E-state index contributed by atoms with van der Waals surface area (Å²) >= 11 is 6.35. The first kappa shape index (κ1) is 41.2. The van der Waals surface area contributed by atoms with E-state index in [1.54, 1.807) is 12.1 Å². The Kier molecular flexibility index (Phi) is 11.9. The molecule has 0 saturated carbocycles. The first-order valence-electron chi connectivity index (χ1n) is 19.6. The van der Waals surface area contributed by atoms with Crippen molar-refractivity contribution in [3.8, 4) is 22.6 Å². The molecule has 1 saturated heterocycles. The van der Waals surface area contributed by atoms with Crippen molar-refractivity contribution in [2.24, 2.45) is 7.05 Å². The Balaban J connectivity index is 1.04. The van der Waals surface area contributed by atoms with Gasteiger partial charge in [0.2, 0.25) is 11.8 Å². The van der Waals surface area contributed by atoms with Crippen LogP contribution >= 0.6 is 11.6 Å².